The molecule has 2 fully saturated rings. The second-order valence-corrected chi connectivity index (χ2v) is 6.22. The fourth-order valence-electron chi connectivity index (χ4n) is 3.48. The van der Waals surface area contributed by atoms with Crippen LogP contribution in [-0.4, -0.2) is 7.05 Å². The second-order valence-electron chi connectivity index (χ2n) is 6.22. The maximum atomic E-state index is 3.58. The molecule has 0 radical (unpaired) electrons. The van der Waals surface area contributed by atoms with E-state index in [4.69, 9.17) is 0 Å². The van der Waals surface area contributed by atoms with Gasteiger partial charge in [0.1, 0.15) is 0 Å². The summed E-state index contributed by atoms with van der Waals surface area (Å²) in [5, 5.41) is 3.58. The summed E-state index contributed by atoms with van der Waals surface area (Å²) >= 11 is 0. The summed E-state index contributed by atoms with van der Waals surface area (Å²) in [7, 11) is 2.13. The molecule has 0 aliphatic heterocycles. The molecule has 0 saturated heterocycles. The van der Waals surface area contributed by atoms with Gasteiger partial charge in [0.05, 0.1) is 0 Å². The first-order valence-electron chi connectivity index (χ1n) is 7.57. The van der Waals surface area contributed by atoms with Crippen molar-refractivity contribution in [2.45, 2.75) is 51.0 Å². The molecule has 1 aromatic rings. The van der Waals surface area contributed by atoms with E-state index < -0.39 is 0 Å². The van der Waals surface area contributed by atoms with Crippen LogP contribution in [0.4, 0.5) is 0 Å². The predicted molar refractivity (Wildman–Crippen MR) is 76.7 cm³/mol. The number of hydrogen-bond donors (Lipinski definition) is 1. The SMILES string of the molecule is CNC(c1ccccc1C1CCC1)C(C)C1CC1. The van der Waals surface area contributed by atoms with E-state index in [2.05, 4.69) is 43.6 Å². The molecule has 3 rings (SSSR count). The summed E-state index contributed by atoms with van der Waals surface area (Å²) in [4.78, 5) is 0. The predicted octanol–water partition coefficient (Wildman–Crippen LogP) is 4.26. The van der Waals surface area contributed by atoms with E-state index in [0.717, 1.165) is 17.8 Å². The highest BCUT2D eigenvalue weighted by Crippen LogP contribution is 2.45. The molecule has 0 aromatic heterocycles. The van der Waals surface area contributed by atoms with Crippen molar-refractivity contribution in [3.05, 3.63) is 35.4 Å². The summed E-state index contributed by atoms with van der Waals surface area (Å²) in [6.07, 6.45) is 7.08. The Bertz CT molecular complexity index is 404. The highest BCUT2D eigenvalue weighted by atomic mass is 14.9. The van der Waals surface area contributed by atoms with E-state index in [9.17, 15) is 0 Å². The maximum Gasteiger partial charge on any atom is 0.0349 e. The minimum atomic E-state index is 0.550. The van der Waals surface area contributed by atoms with Gasteiger partial charge in [-0.05, 0) is 61.6 Å². The van der Waals surface area contributed by atoms with Crippen molar-refractivity contribution in [1.29, 1.82) is 0 Å². The average Bonchev–Trinajstić information content (AvgIpc) is 3.13. The van der Waals surface area contributed by atoms with Gasteiger partial charge in [-0.1, -0.05) is 37.6 Å². The third-order valence-corrected chi connectivity index (χ3v) is 5.08. The van der Waals surface area contributed by atoms with Crippen LogP contribution in [0, 0.1) is 11.8 Å². The smallest absolute Gasteiger partial charge is 0.0349 e. The van der Waals surface area contributed by atoms with Crippen molar-refractivity contribution in [3.8, 4) is 0 Å². The monoisotopic (exact) mass is 243 g/mol. The van der Waals surface area contributed by atoms with Crippen molar-refractivity contribution in [3.63, 3.8) is 0 Å². The third kappa shape index (κ3) is 2.21. The van der Waals surface area contributed by atoms with Crippen LogP contribution in [0.1, 0.15) is 62.1 Å². The van der Waals surface area contributed by atoms with Gasteiger partial charge in [-0.2, -0.15) is 0 Å². The largest absolute Gasteiger partial charge is 0.313 e. The zero-order valence-electron chi connectivity index (χ0n) is 11.7. The molecule has 2 aliphatic rings. The van der Waals surface area contributed by atoms with E-state index >= 15 is 0 Å². The molecule has 1 aromatic carbocycles. The Morgan fingerprint density at radius 1 is 1.11 bits per heavy atom. The van der Waals surface area contributed by atoms with Crippen LogP contribution >= 0.6 is 0 Å². The number of rotatable bonds is 5. The molecular formula is C17H25N. The zero-order valence-corrected chi connectivity index (χ0v) is 11.7. The molecular weight excluding hydrogens is 218 g/mol. The Kier molecular flexibility index (Phi) is 3.43. The first kappa shape index (κ1) is 12.2. The van der Waals surface area contributed by atoms with Crippen LogP contribution in [0.15, 0.2) is 24.3 Å². The summed E-state index contributed by atoms with van der Waals surface area (Å²) in [5.74, 6) is 2.57. The fraction of sp³-hybridized carbons (Fsp3) is 0.647. The van der Waals surface area contributed by atoms with Gasteiger partial charge in [0.15, 0.2) is 0 Å². The quantitative estimate of drug-likeness (QED) is 0.814. The van der Waals surface area contributed by atoms with Crippen LogP contribution < -0.4 is 5.32 Å². The Labute approximate surface area is 111 Å². The Balaban J connectivity index is 1.88. The Morgan fingerprint density at radius 2 is 1.83 bits per heavy atom. The van der Waals surface area contributed by atoms with Gasteiger partial charge in [-0.3, -0.25) is 0 Å². The molecule has 1 nitrogen and oxygen atoms in total. The van der Waals surface area contributed by atoms with Gasteiger partial charge in [-0.15, -0.1) is 0 Å². The molecule has 2 aliphatic carbocycles. The first-order valence-corrected chi connectivity index (χ1v) is 7.57. The summed E-state index contributed by atoms with van der Waals surface area (Å²) < 4.78 is 0. The third-order valence-electron chi connectivity index (χ3n) is 5.08. The number of nitrogens with one attached hydrogen (secondary N) is 1. The molecule has 0 amide bonds. The van der Waals surface area contributed by atoms with E-state index in [1.54, 1.807) is 11.1 Å². The lowest BCUT2D eigenvalue weighted by atomic mass is 9.75. The average molecular weight is 243 g/mol. The molecule has 0 heterocycles. The lowest BCUT2D eigenvalue weighted by Crippen LogP contribution is -2.27. The minimum absolute atomic E-state index is 0.550. The topological polar surface area (TPSA) is 12.0 Å². The van der Waals surface area contributed by atoms with Gasteiger partial charge in [0, 0.05) is 6.04 Å². The highest BCUT2D eigenvalue weighted by Gasteiger charge is 2.35. The Morgan fingerprint density at radius 3 is 2.39 bits per heavy atom. The van der Waals surface area contributed by atoms with Crippen LogP contribution in [0.25, 0.3) is 0 Å². The fourth-order valence-corrected chi connectivity index (χ4v) is 3.48. The molecule has 2 atom stereocenters. The normalized spacial score (nSPS) is 23.4. The lowest BCUT2D eigenvalue weighted by Gasteiger charge is -2.32. The summed E-state index contributed by atoms with van der Waals surface area (Å²) in [5.41, 5.74) is 3.19. The summed E-state index contributed by atoms with van der Waals surface area (Å²) in [6.45, 7) is 2.43. The molecule has 0 bridgehead atoms. The van der Waals surface area contributed by atoms with Crippen LogP contribution in [0.2, 0.25) is 0 Å². The van der Waals surface area contributed by atoms with Crippen LogP contribution in [-0.2, 0) is 0 Å². The van der Waals surface area contributed by atoms with Crippen molar-refractivity contribution in [2.24, 2.45) is 11.8 Å². The summed E-state index contributed by atoms with van der Waals surface area (Å²) in [6, 6.07) is 9.69. The lowest BCUT2D eigenvalue weighted by molar-refractivity contribution is 0.356. The second kappa shape index (κ2) is 5.05. The van der Waals surface area contributed by atoms with E-state index in [1.165, 1.54) is 32.1 Å². The minimum Gasteiger partial charge on any atom is -0.313 e. The zero-order chi connectivity index (χ0) is 12.5. The van der Waals surface area contributed by atoms with Crippen molar-refractivity contribution < 1.29 is 0 Å². The molecule has 18 heavy (non-hydrogen) atoms. The van der Waals surface area contributed by atoms with E-state index in [1.807, 2.05) is 0 Å². The van der Waals surface area contributed by atoms with Crippen molar-refractivity contribution in [1.82, 2.24) is 5.32 Å². The van der Waals surface area contributed by atoms with Crippen molar-refractivity contribution in [2.75, 3.05) is 7.05 Å². The van der Waals surface area contributed by atoms with Crippen LogP contribution in [0.3, 0.4) is 0 Å². The van der Waals surface area contributed by atoms with Gasteiger partial charge >= 0.3 is 0 Å². The van der Waals surface area contributed by atoms with Gasteiger partial charge in [-0.25, -0.2) is 0 Å². The maximum absolute atomic E-state index is 3.58. The van der Waals surface area contributed by atoms with E-state index in [-0.39, 0.29) is 0 Å². The van der Waals surface area contributed by atoms with Gasteiger partial charge in [0.2, 0.25) is 0 Å². The van der Waals surface area contributed by atoms with Crippen LogP contribution in [0.5, 0.6) is 0 Å². The Hall–Kier alpha value is -0.820. The highest BCUT2D eigenvalue weighted by molar-refractivity contribution is 5.34. The molecule has 0 spiro atoms. The number of benzene rings is 1. The molecule has 98 valence electrons. The molecule has 1 heteroatoms. The molecule has 2 unspecified atom stereocenters. The van der Waals surface area contributed by atoms with E-state index in [0.29, 0.717) is 6.04 Å². The van der Waals surface area contributed by atoms with Gasteiger partial charge < -0.3 is 5.32 Å². The van der Waals surface area contributed by atoms with Gasteiger partial charge in [0.25, 0.3) is 0 Å². The first-order chi connectivity index (χ1) is 8.81. The van der Waals surface area contributed by atoms with Crippen molar-refractivity contribution >= 4 is 0 Å². The number of hydrogen-bond acceptors (Lipinski definition) is 1. The standard InChI is InChI=1S/C17H25N/c1-12(13-10-11-13)17(18-2)16-9-4-3-8-15(16)14-6-5-7-14/h3-4,8-9,12-14,17-18H,5-7,10-11H2,1-2H3. The molecule has 2 saturated carbocycles. The molecule has 1 N–H and O–H groups in total.